The molecule has 4 nitrogen and oxygen atoms in total. The summed E-state index contributed by atoms with van der Waals surface area (Å²) in [6.07, 6.45) is 1.76. The van der Waals surface area contributed by atoms with Crippen LogP contribution in [0.2, 0.25) is 5.02 Å². The van der Waals surface area contributed by atoms with Crippen molar-refractivity contribution in [1.82, 2.24) is 4.90 Å². The normalized spacial score (nSPS) is 16.5. The second kappa shape index (κ2) is 8.84. The van der Waals surface area contributed by atoms with Crippen molar-refractivity contribution in [1.29, 1.82) is 0 Å². The summed E-state index contributed by atoms with van der Waals surface area (Å²) in [5, 5.41) is 5.10. The van der Waals surface area contributed by atoms with Crippen molar-refractivity contribution in [2.75, 3.05) is 18.4 Å². The fourth-order valence-electron chi connectivity index (χ4n) is 3.96. The highest BCUT2D eigenvalue weighted by Crippen LogP contribution is 2.26. The Kier molecular flexibility index (Phi) is 6.00. The molecule has 154 valence electrons. The maximum Gasteiger partial charge on any atom is 0.229 e. The molecular weight excluding hydrogens is 403 g/mol. The Labute approximate surface area is 179 Å². The molecule has 1 N–H and O–H groups in total. The number of halogens is 2. The number of carbonyl (C=O) groups is 2. The summed E-state index contributed by atoms with van der Waals surface area (Å²) >= 11 is 6.01. The molecule has 0 saturated carbocycles. The molecule has 3 aromatic carbocycles. The van der Waals surface area contributed by atoms with E-state index in [-0.39, 0.29) is 22.8 Å². The van der Waals surface area contributed by atoms with Crippen LogP contribution in [0.3, 0.4) is 0 Å². The zero-order chi connectivity index (χ0) is 21.1. The zero-order valence-electron chi connectivity index (χ0n) is 16.4. The SMILES string of the molecule is O=C(Nc1ccc(F)cc1Cl)C1CCCN(C(=O)Cc2cccc3ccccc23)C1. The lowest BCUT2D eigenvalue weighted by molar-refractivity contribution is -0.133. The van der Waals surface area contributed by atoms with Crippen LogP contribution in [0.1, 0.15) is 18.4 Å². The van der Waals surface area contributed by atoms with Gasteiger partial charge in [-0.3, -0.25) is 9.59 Å². The number of amides is 2. The lowest BCUT2D eigenvalue weighted by Crippen LogP contribution is -2.44. The summed E-state index contributed by atoms with van der Waals surface area (Å²) < 4.78 is 13.2. The van der Waals surface area contributed by atoms with E-state index in [2.05, 4.69) is 5.32 Å². The van der Waals surface area contributed by atoms with Crippen LogP contribution >= 0.6 is 11.6 Å². The molecule has 1 fully saturated rings. The smallest absolute Gasteiger partial charge is 0.229 e. The first-order chi connectivity index (χ1) is 14.5. The lowest BCUT2D eigenvalue weighted by atomic mass is 9.95. The summed E-state index contributed by atoms with van der Waals surface area (Å²) in [5.41, 5.74) is 1.37. The van der Waals surface area contributed by atoms with Crippen LogP contribution in [0.5, 0.6) is 0 Å². The summed E-state index contributed by atoms with van der Waals surface area (Å²) in [5.74, 6) is -0.966. The van der Waals surface area contributed by atoms with E-state index in [0.717, 1.165) is 28.8 Å². The molecule has 0 spiro atoms. The maximum absolute atomic E-state index is 13.2. The van der Waals surface area contributed by atoms with Gasteiger partial charge in [0.2, 0.25) is 11.8 Å². The van der Waals surface area contributed by atoms with E-state index in [1.54, 1.807) is 4.90 Å². The largest absolute Gasteiger partial charge is 0.342 e. The van der Waals surface area contributed by atoms with Gasteiger partial charge >= 0.3 is 0 Å². The average molecular weight is 425 g/mol. The minimum absolute atomic E-state index is 0.0173. The molecule has 4 rings (SSSR count). The standard InChI is InChI=1S/C24H22ClFN2O2/c25-21-14-19(26)10-11-22(21)27-24(30)18-8-4-12-28(15-18)23(29)13-17-7-3-6-16-5-1-2-9-20(16)17/h1-3,5-7,9-11,14,18H,4,8,12-13,15H2,(H,27,30). The number of nitrogens with one attached hydrogen (secondary N) is 1. The predicted molar refractivity (Wildman–Crippen MR) is 117 cm³/mol. The van der Waals surface area contributed by atoms with Crippen LogP contribution in [-0.4, -0.2) is 29.8 Å². The van der Waals surface area contributed by atoms with Gasteiger partial charge in [0.25, 0.3) is 0 Å². The third-order valence-electron chi connectivity index (χ3n) is 5.56. The number of fused-ring (bicyclic) bond motifs is 1. The van der Waals surface area contributed by atoms with Crippen molar-refractivity contribution in [3.05, 3.63) is 77.1 Å². The predicted octanol–water partition coefficient (Wildman–Crippen LogP) is 5.05. The monoisotopic (exact) mass is 424 g/mol. The van der Waals surface area contributed by atoms with Gasteiger partial charge in [0.1, 0.15) is 5.82 Å². The van der Waals surface area contributed by atoms with Gasteiger partial charge in [0, 0.05) is 13.1 Å². The number of rotatable bonds is 4. The molecule has 0 bridgehead atoms. The van der Waals surface area contributed by atoms with Crippen molar-refractivity contribution in [3.63, 3.8) is 0 Å². The number of nitrogens with zero attached hydrogens (tertiary/aromatic N) is 1. The van der Waals surface area contributed by atoms with E-state index >= 15 is 0 Å². The van der Waals surface area contributed by atoms with Crippen molar-refractivity contribution < 1.29 is 14.0 Å². The van der Waals surface area contributed by atoms with Gasteiger partial charge in [-0.25, -0.2) is 4.39 Å². The van der Waals surface area contributed by atoms with Gasteiger partial charge in [0.15, 0.2) is 0 Å². The van der Waals surface area contributed by atoms with Crippen LogP contribution in [-0.2, 0) is 16.0 Å². The highest BCUT2D eigenvalue weighted by atomic mass is 35.5. The van der Waals surface area contributed by atoms with E-state index in [0.29, 0.717) is 31.6 Å². The molecule has 0 aromatic heterocycles. The number of hydrogen-bond acceptors (Lipinski definition) is 2. The molecule has 1 atom stereocenters. The number of piperidine rings is 1. The number of likely N-dealkylation sites (tertiary alicyclic amines) is 1. The molecule has 2 amide bonds. The molecule has 3 aromatic rings. The van der Waals surface area contributed by atoms with Crippen molar-refractivity contribution in [2.24, 2.45) is 5.92 Å². The van der Waals surface area contributed by atoms with E-state index in [1.165, 1.54) is 12.1 Å². The molecule has 0 radical (unpaired) electrons. The number of anilines is 1. The first-order valence-electron chi connectivity index (χ1n) is 10.0. The zero-order valence-corrected chi connectivity index (χ0v) is 17.2. The first-order valence-corrected chi connectivity index (χ1v) is 10.4. The second-order valence-corrected chi connectivity index (χ2v) is 8.01. The van der Waals surface area contributed by atoms with Crippen LogP contribution in [0, 0.1) is 11.7 Å². The topological polar surface area (TPSA) is 49.4 Å². The van der Waals surface area contributed by atoms with E-state index in [9.17, 15) is 14.0 Å². The number of benzene rings is 3. The molecule has 1 unspecified atom stereocenters. The fourth-order valence-corrected chi connectivity index (χ4v) is 4.18. The summed E-state index contributed by atoms with van der Waals surface area (Å²) in [6.45, 7) is 1.01. The Morgan fingerprint density at radius 1 is 1.10 bits per heavy atom. The fraction of sp³-hybridized carbons (Fsp3) is 0.250. The highest BCUT2D eigenvalue weighted by molar-refractivity contribution is 6.33. The van der Waals surface area contributed by atoms with E-state index in [1.807, 2.05) is 42.5 Å². The summed E-state index contributed by atoms with van der Waals surface area (Å²) in [6, 6.07) is 17.8. The Hall–Kier alpha value is -2.92. The van der Waals surface area contributed by atoms with Crippen molar-refractivity contribution in [3.8, 4) is 0 Å². The second-order valence-electron chi connectivity index (χ2n) is 7.61. The summed E-state index contributed by atoms with van der Waals surface area (Å²) in [7, 11) is 0. The lowest BCUT2D eigenvalue weighted by Gasteiger charge is -2.32. The van der Waals surface area contributed by atoms with Gasteiger partial charge in [-0.05, 0) is 47.4 Å². The minimum atomic E-state index is -0.458. The Morgan fingerprint density at radius 2 is 1.90 bits per heavy atom. The molecule has 1 aliphatic heterocycles. The number of carbonyl (C=O) groups excluding carboxylic acids is 2. The molecule has 30 heavy (non-hydrogen) atoms. The highest BCUT2D eigenvalue weighted by Gasteiger charge is 2.29. The minimum Gasteiger partial charge on any atom is -0.342 e. The molecular formula is C24H22ClFN2O2. The maximum atomic E-state index is 13.2. The molecule has 1 heterocycles. The average Bonchev–Trinajstić information content (AvgIpc) is 2.76. The van der Waals surface area contributed by atoms with E-state index in [4.69, 9.17) is 11.6 Å². The Morgan fingerprint density at radius 3 is 2.73 bits per heavy atom. The van der Waals surface area contributed by atoms with Crippen molar-refractivity contribution >= 4 is 39.9 Å². The van der Waals surface area contributed by atoms with Gasteiger partial charge in [-0.15, -0.1) is 0 Å². The van der Waals surface area contributed by atoms with Crippen LogP contribution < -0.4 is 5.32 Å². The molecule has 1 saturated heterocycles. The van der Waals surface area contributed by atoms with Gasteiger partial charge in [-0.2, -0.15) is 0 Å². The van der Waals surface area contributed by atoms with Gasteiger partial charge in [-0.1, -0.05) is 54.1 Å². The van der Waals surface area contributed by atoms with Crippen LogP contribution in [0.4, 0.5) is 10.1 Å². The van der Waals surface area contributed by atoms with Crippen molar-refractivity contribution in [2.45, 2.75) is 19.3 Å². The first kappa shape index (κ1) is 20.4. The summed E-state index contributed by atoms with van der Waals surface area (Å²) in [4.78, 5) is 27.4. The Balaban J connectivity index is 1.43. The van der Waals surface area contributed by atoms with Gasteiger partial charge < -0.3 is 10.2 Å². The van der Waals surface area contributed by atoms with Crippen LogP contribution in [0.25, 0.3) is 10.8 Å². The third-order valence-corrected chi connectivity index (χ3v) is 5.87. The molecule has 6 heteroatoms. The van der Waals surface area contributed by atoms with Gasteiger partial charge in [0.05, 0.1) is 23.0 Å². The Bertz CT molecular complexity index is 1100. The number of hydrogen-bond donors (Lipinski definition) is 1. The van der Waals surface area contributed by atoms with Crippen LogP contribution in [0.15, 0.2) is 60.7 Å². The molecule has 1 aliphatic rings. The quantitative estimate of drug-likeness (QED) is 0.637. The van der Waals surface area contributed by atoms with E-state index < -0.39 is 5.82 Å². The third kappa shape index (κ3) is 4.46. The molecule has 0 aliphatic carbocycles.